The lowest BCUT2D eigenvalue weighted by atomic mass is 9.91. The first-order chi connectivity index (χ1) is 9.55. The molecule has 4 nitrogen and oxygen atoms in total. The summed E-state index contributed by atoms with van der Waals surface area (Å²) < 4.78 is 27.0. The maximum Gasteiger partial charge on any atom is 0.252 e. The van der Waals surface area contributed by atoms with E-state index in [1.54, 1.807) is 23.5 Å². The molecule has 0 atom stereocenters. The number of nitrogens with one attached hydrogen (secondary N) is 1. The van der Waals surface area contributed by atoms with Crippen LogP contribution < -0.4 is 5.32 Å². The highest BCUT2D eigenvalue weighted by Crippen LogP contribution is 2.28. The van der Waals surface area contributed by atoms with E-state index in [9.17, 15) is 8.42 Å². The van der Waals surface area contributed by atoms with Crippen molar-refractivity contribution < 1.29 is 8.42 Å². The molecule has 0 radical (unpaired) electrons. The van der Waals surface area contributed by atoms with Gasteiger partial charge in [0.1, 0.15) is 4.21 Å². The van der Waals surface area contributed by atoms with Crippen LogP contribution in [0.3, 0.4) is 0 Å². The second-order valence-electron chi connectivity index (χ2n) is 5.41. The van der Waals surface area contributed by atoms with E-state index in [0.717, 1.165) is 38.6 Å². The van der Waals surface area contributed by atoms with Gasteiger partial charge in [0.25, 0.3) is 10.0 Å². The summed E-state index contributed by atoms with van der Waals surface area (Å²) >= 11 is 1.29. The first-order valence-corrected chi connectivity index (χ1v) is 9.62. The largest absolute Gasteiger partial charge is 0.314 e. The first kappa shape index (κ1) is 15.9. The third-order valence-corrected chi connectivity index (χ3v) is 7.31. The van der Waals surface area contributed by atoms with Crippen molar-refractivity contribution in [2.45, 2.75) is 55.3 Å². The van der Waals surface area contributed by atoms with E-state index in [-0.39, 0.29) is 6.04 Å². The minimum atomic E-state index is -3.30. The Morgan fingerprint density at radius 3 is 2.60 bits per heavy atom. The molecule has 1 heterocycles. The molecule has 1 aliphatic carbocycles. The zero-order chi connectivity index (χ0) is 14.6. The summed E-state index contributed by atoms with van der Waals surface area (Å²) in [5.74, 6) is 0. The topological polar surface area (TPSA) is 49.4 Å². The smallest absolute Gasteiger partial charge is 0.252 e. The molecular formula is C14H24N2O2S2. The molecule has 1 saturated carbocycles. The highest BCUT2D eigenvalue weighted by atomic mass is 32.2. The van der Waals surface area contributed by atoms with Crippen molar-refractivity contribution in [1.29, 1.82) is 0 Å². The zero-order valence-corrected chi connectivity index (χ0v) is 13.8. The van der Waals surface area contributed by atoms with Crippen LogP contribution in [0.25, 0.3) is 0 Å². The van der Waals surface area contributed by atoms with Crippen molar-refractivity contribution in [2.24, 2.45) is 0 Å². The van der Waals surface area contributed by atoms with Crippen LogP contribution in [-0.4, -0.2) is 38.4 Å². The number of sulfonamides is 1. The molecule has 1 fully saturated rings. The van der Waals surface area contributed by atoms with Gasteiger partial charge in [-0.1, -0.05) is 13.0 Å². The van der Waals surface area contributed by atoms with E-state index in [4.69, 9.17) is 0 Å². The number of hydrogen-bond acceptors (Lipinski definition) is 4. The Morgan fingerprint density at radius 2 is 2.05 bits per heavy atom. The molecule has 0 aliphatic heterocycles. The lowest BCUT2D eigenvalue weighted by molar-refractivity contribution is 0.250. The highest BCUT2D eigenvalue weighted by molar-refractivity contribution is 7.91. The van der Waals surface area contributed by atoms with Gasteiger partial charge in [0, 0.05) is 19.1 Å². The predicted octanol–water partition coefficient (Wildman–Crippen LogP) is 2.68. The summed E-state index contributed by atoms with van der Waals surface area (Å²) in [5, 5.41) is 5.34. The van der Waals surface area contributed by atoms with E-state index in [0.29, 0.717) is 10.3 Å². The fraction of sp³-hybridized carbons (Fsp3) is 0.714. The van der Waals surface area contributed by atoms with E-state index in [1.807, 2.05) is 5.38 Å². The fourth-order valence-electron chi connectivity index (χ4n) is 2.74. The minimum absolute atomic E-state index is 0.141. The van der Waals surface area contributed by atoms with Gasteiger partial charge in [0.2, 0.25) is 0 Å². The SMILES string of the molecule is CCCNC1CCC(N(C)S(=O)(=O)c2cccs2)CC1. The van der Waals surface area contributed by atoms with Gasteiger partial charge in [-0.05, 0) is 50.1 Å². The molecule has 1 N–H and O–H groups in total. The van der Waals surface area contributed by atoms with Crippen molar-refractivity contribution in [3.63, 3.8) is 0 Å². The maximum atomic E-state index is 12.5. The maximum absolute atomic E-state index is 12.5. The van der Waals surface area contributed by atoms with Crippen molar-refractivity contribution in [2.75, 3.05) is 13.6 Å². The standard InChI is InChI=1S/C14H24N2O2S2/c1-3-10-15-12-6-8-13(9-7-12)16(2)20(17,18)14-5-4-11-19-14/h4-5,11-13,15H,3,6-10H2,1-2H3. The molecule has 20 heavy (non-hydrogen) atoms. The Balaban J connectivity index is 1.93. The van der Waals surface area contributed by atoms with Crippen LogP contribution in [0.4, 0.5) is 0 Å². The quantitative estimate of drug-likeness (QED) is 0.878. The lowest BCUT2D eigenvalue weighted by Gasteiger charge is -2.34. The normalized spacial score (nSPS) is 24.1. The van der Waals surface area contributed by atoms with E-state index >= 15 is 0 Å². The Labute approximate surface area is 126 Å². The second-order valence-corrected chi connectivity index (χ2v) is 8.58. The summed E-state index contributed by atoms with van der Waals surface area (Å²) in [7, 11) is -1.58. The van der Waals surface area contributed by atoms with Crippen LogP contribution in [-0.2, 0) is 10.0 Å². The van der Waals surface area contributed by atoms with Crippen LogP contribution in [0.2, 0.25) is 0 Å². The van der Waals surface area contributed by atoms with Crippen molar-refractivity contribution >= 4 is 21.4 Å². The number of nitrogens with zero attached hydrogens (tertiary/aromatic N) is 1. The summed E-state index contributed by atoms with van der Waals surface area (Å²) in [6.07, 6.45) is 5.17. The number of rotatable bonds is 6. The molecule has 1 aliphatic rings. The molecule has 6 heteroatoms. The average molecular weight is 316 g/mol. The van der Waals surface area contributed by atoms with Gasteiger partial charge < -0.3 is 5.32 Å². The van der Waals surface area contributed by atoms with Gasteiger partial charge in [-0.25, -0.2) is 8.42 Å². The van der Waals surface area contributed by atoms with Crippen molar-refractivity contribution in [3.05, 3.63) is 17.5 Å². The lowest BCUT2D eigenvalue weighted by Crippen LogP contribution is -2.43. The second kappa shape index (κ2) is 7.02. The van der Waals surface area contributed by atoms with E-state index in [1.165, 1.54) is 11.3 Å². The molecule has 0 saturated heterocycles. The molecule has 2 rings (SSSR count). The van der Waals surface area contributed by atoms with Gasteiger partial charge in [-0.3, -0.25) is 0 Å². The molecular weight excluding hydrogens is 292 g/mol. The third-order valence-electron chi connectivity index (χ3n) is 4.02. The van der Waals surface area contributed by atoms with Gasteiger partial charge in [0.05, 0.1) is 0 Å². The molecule has 1 aromatic heterocycles. The summed E-state index contributed by atoms with van der Waals surface area (Å²) in [5.41, 5.74) is 0. The minimum Gasteiger partial charge on any atom is -0.314 e. The number of hydrogen-bond donors (Lipinski definition) is 1. The van der Waals surface area contributed by atoms with Gasteiger partial charge in [0.15, 0.2) is 0 Å². The zero-order valence-electron chi connectivity index (χ0n) is 12.2. The third kappa shape index (κ3) is 3.61. The van der Waals surface area contributed by atoms with Gasteiger partial charge in [-0.2, -0.15) is 4.31 Å². The van der Waals surface area contributed by atoms with Crippen molar-refractivity contribution in [1.82, 2.24) is 9.62 Å². The number of thiophene rings is 1. The summed E-state index contributed by atoms with van der Waals surface area (Å²) in [4.78, 5) is 0. The predicted molar refractivity (Wildman–Crippen MR) is 83.6 cm³/mol. The van der Waals surface area contributed by atoms with E-state index in [2.05, 4.69) is 12.2 Å². The molecule has 0 unspecified atom stereocenters. The van der Waals surface area contributed by atoms with Crippen LogP contribution in [0.15, 0.2) is 21.7 Å². The molecule has 114 valence electrons. The van der Waals surface area contributed by atoms with E-state index < -0.39 is 10.0 Å². The molecule has 0 aromatic carbocycles. The Kier molecular flexibility index (Phi) is 5.60. The Morgan fingerprint density at radius 1 is 1.35 bits per heavy atom. The van der Waals surface area contributed by atoms with Gasteiger partial charge >= 0.3 is 0 Å². The average Bonchev–Trinajstić information content (AvgIpc) is 3.00. The monoisotopic (exact) mass is 316 g/mol. The summed E-state index contributed by atoms with van der Waals surface area (Å²) in [6, 6.07) is 4.17. The van der Waals surface area contributed by atoms with Gasteiger partial charge in [-0.15, -0.1) is 11.3 Å². The first-order valence-electron chi connectivity index (χ1n) is 7.30. The Bertz CT molecular complexity index is 491. The summed E-state index contributed by atoms with van der Waals surface area (Å²) in [6.45, 7) is 3.22. The van der Waals surface area contributed by atoms with Crippen LogP contribution in [0, 0.1) is 0 Å². The van der Waals surface area contributed by atoms with Crippen LogP contribution in [0.5, 0.6) is 0 Å². The van der Waals surface area contributed by atoms with Crippen LogP contribution >= 0.6 is 11.3 Å². The van der Waals surface area contributed by atoms with Crippen LogP contribution in [0.1, 0.15) is 39.0 Å². The Hall–Kier alpha value is -0.430. The van der Waals surface area contributed by atoms with Crippen molar-refractivity contribution in [3.8, 4) is 0 Å². The molecule has 0 bridgehead atoms. The highest BCUT2D eigenvalue weighted by Gasteiger charge is 2.31. The molecule has 0 spiro atoms. The fourth-order valence-corrected chi connectivity index (χ4v) is 5.33. The molecule has 1 aromatic rings. The molecule has 0 amide bonds.